The summed E-state index contributed by atoms with van der Waals surface area (Å²) in [5, 5.41) is 7.77. The van der Waals surface area contributed by atoms with Crippen molar-refractivity contribution in [3.63, 3.8) is 0 Å². The van der Waals surface area contributed by atoms with Crippen molar-refractivity contribution in [1.29, 1.82) is 0 Å². The van der Waals surface area contributed by atoms with Crippen LogP contribution in [0.2, 0.25) is 0 Å². The maximum atomic E-state index is 6.15. The van der Waals surface area contributed by atoms with Gasteiger partial charge in [0.25, 0.3) is 0 Å². The summed E-state index contributed by atoms with van der Waals surface area (Å²) in [6.45, 7) is 2.12. The van der Waals surface area contributed by atoms with Crippen LogP contribution in [-0.2, 0) is 13.5 Å². The van der Waals surface area contributed by atoms with Crippen LogP contribution in [0.3, 0.4) is 0 Å². The van der Waals surface area contributed by atoms with Gasteiger partial charge in [-0.25, -0.2) is 0 Å². The molecule has 0 saturated heterocycles. The van der Waals surface area contributed by atoms with Crippen LogP contribution in [-0.4, -0.2) is 9.78 Å². The minimum Gasteiger partial charge on any atom is -0.394 e. The molecule has 0 atom stereocenters. The van der Waals surface area contributed by atoms with Gasteiger partial charge in [-0.3, -0.25) is 4.68 Å². The monoisotopic (exact) mass is 386 g/mol. The third-order valence-corrected chi connectivity index (χ3v) is 3.98. The third-order valence-electron chi connectivity index (χ3n) is 2.83. The maximum absolute atomic E-state index is 6.15. The molecule has 6 heteroatoms. The first-order chi connectivity index (χ1) is 9.02. The molecule has 0 saturated carbocycles. The fraction of sp³-hybridized carbons (Fsp3) is 0.308. The predicted octanol–water partition coefficient (Wildman–Crippen LogP) is 4.22. The zero-order valence-corrected chi connectivity index (χ0v) is 14.0. The Bertz CT molecular complexity index is 593. The summed E-state index contributed by atoms with van der Waals surface area (Å²) in [5.41, 5.74) is 8.77. The standard InChI is InChI=1S/C13H16Br2N4/c1-3-4-11-12(16)13(19(2)18-11)17-10-6-5-8(14)7-9(10)15/h5-7,17H,3-4,16H2,1-2H3. The van der Waals surface area contributed by atoms with Crippen LogP contribution < -0.4 is 11.1 Å². The Kier molecular flexibility index (Phi) is 4.52. The lowest BCUT2D eigenvalue weighted by atomic mass is 10.2. The van der Waals surface area contributed by atoms with E-state index in [1.165, 1.54) is 0 Å². The Morgan fingerprint density at radius 3 is 2.74 bits per heavy atom. The summed E-state index contributed by atoms with van der Waals surface area (Å²) in [7, 11) is 1.89. The molecule has 1 heterocycles. The van der Waals surface area contributed by atoms with Crippen LogP contribution in [0.4, 0.5) is 17.2 Å². The average Bonchev–Trinajstić information content (AvgIpc) is 2.60. The number of nitrogen functional groups attached to an aromatic ring is 1. The fourth-order valence-corrected chi connectivity index (χ4v) is 3.03. The maximum Gasteiger partial charge on any atom is 0.152 e. The van der Waals surface area contributed by atoms with Crippen molar-refractivity contribution in [2.75, 3.05) is 11.1 Å². The molecule has 0 unspecified atom stereocenters. The minimum absolute atomic E-state index is 0.721. The second-order valence-corrected chi connectivity index (χ2v) is 6.10. The summed E-state index contributed by atoms with van der Waals surface area (Å²) < 4.78 is 3.78. The van der Waals surface area contributed by atoms with E-state index in [-0.39, 0.29) is 0 Å². The summed E-state index contributed by atoms with van der Waals surface area (Å²) in [4.78, 5) is 0. The number of nitrogens with one attached hydrogen (secondary N) is 1. The molecule has 0 aliphatic rings. The molecule has 2 rings (SSSR count). The normalized spacial score (nSPS) is 10.7. The summed E-state index contributed by atoms with van der Waals surface area (Å²) in [6.07, 6.45) is 1.92. The molecule has 2 aromatic rings. The van der Waals surface area contributed by atoms with Crippen LogP contribution in [0.25, 0.3) is 0 Å². The van der Waals surface area contributed by atoms with Crippen LogP contribution in [0.1, 0.15) is 19.0 Å². The van der Waals surface area contributed by atoms with Gasteiger partial charge >= 0.3 is 0 Å². The Hall–Kier alpha value is -1.01. The number of hydrogen-bond acceptors (Lipinski definition) is 3. The van der Waals surface area contributed by atoms with Gasteiger partial charge in [-0.2, -0.15) is 5.10 Å². The highest BCUT2D eigenvalue weighted by molar-refractivity contribution is 9.11. The van der Waals surface area contributed by atoms with Crippen molar-refractivity contribution in [2.45, 2.75) is 19.8 Å². The van der Waals surface area contributed by atoms with Gasteiger partial charge in [0.2, 0.25) is 0 Å². The van der Waals surface area contributed by atoms with Crippen molar-refractivity contribution >= 4 is 49.1 Å². The lowest BCUT2D eigenvalue weighted by molar-refractivity contribution is 0.740. The zero-order valence-electron chi connectivity index (χ0n) is 10.9. The number of aryl methyl sites for hydroxylation is 2. The molecule has 0 amide bonds. The van der Waals surface area contributed by atoms with E-state index in [1.807, 2.05) is 25.2 Å². The number of nitrogens with two attached hydrogens (primary N) is 1. The van der Waals surface area contributed by atoms with Gasteiger partial charge in [-0.05, 0) is 40.5 Å². The SMILES string of the molecule is CCCc1nn(C)c(Nc2ccc(Br)cc2Br)c1N. The van der Waals surface area contributed by atoms with E-state index in [9.17, 15) is 0 Å². The molecule has 0 fully saturated rings. The third kappa shape index (κ3) is 3.12. The first-order valence-corrected chi connectivity index (χ1v) is 7.65. The van der Waals surface area contributed by atoms with Crippen molar-refractivity contribution < 1.29 is 0 Å². The molecule has 0 aliphatic heterocycles. The van der Waals surface area contributed by atoms with Gasteiger partial charge < -0.3 is 11.1 Å². The molecule has 0 spiro atoms. The zero-order chi connectivity index (χ0) is 14.0. The van der Waals surface area contributed by atoms with Crippen LogP contribution >= 0.6 is 31.9 Å². The van der Waals surface area contributed by atoms with E-state index in [2.05, 4.69) is 49.2 Å². The molecule has 4 nitrogen and oxygen atoms in total. The van der Waals surface area contributed by atoms with E-state index in [4.69, 9.17) is 5.73 Å². The highest BCUT2D eigenvalue weighted by Gasteiger charge is 2.13. The number of nitrogens with zero attached hydrogens (tertiary/aromatic N) is 2. The van der Waals surface area contributed by atoms with Gasteiger partial charge in [0, 0.05) is 16.0 Å². The Morgan fingerprint density at radius 2 is 2.11 bits per heavy atom. The second kappa shape index (κ2) is 5.96. The van der Waals surface area contributed by atoms with Gasteiger partial charge in [-0.1, -0.05) is 29.3 Å². The van der Waals surface area contributed by atoms with E-state index < -0.39 is 0 Å². The second-order valence-electron chi connectivity index (χ2n) is 4.33. The van der Waals surface area contributed by atoms with E-state index in [0.717, 1.165) is 44.7 Å². The van der Waals surface area contributed by atoms with Gasteiger partial charge in [-0.15, -0.1) is 0 Å². The van der Waals surface area contributed by atoms with Gasteiger partial charge in [0.15, 0.2) is 5.82 Å². The molecule has 0 bridgehead atoms. The lowest BCUT2D eigenvalue weighted by Gasteiger charge is -2.10. The number of hydrogen-bond donors (Lipinski definition) is 2. The first-order valence-electron chi connectivity index (χ1n) is 6.06. The Labute approximate surface area is 129 Å². The fourth-order valence-electron chi connectivity index (χ4n) is 1.88. The lowest BCUT2D eigenvalue weighted by Crippen LogP contribution is -2.01. The summed E-state index contributed by atoms with van der Waals surface area (Å²) in [5.74, 6) is 0.825. The van der Waals surface area contributed by atoms with Crippen molar-refractivity contribution in [3.05, 3.63) is 32.8 Å². The Balaban J connectivity index is 2.33. The largest absolute Gasteiger partial charge is 0.394 e. The van der Waals surface area contributed by atoms with Crippen LogP contribution in [0, 0.1) is 0 Å². The number of rotatable bonds is 4. The molecule has 102 valence electrons. The Morgan fingerprint density at radius 1 is 1.37 bits per heavy atom. The number of aromatic nitrogens is 2. The molecule has 3 N–H and O–H groups in total. The molecule has 1 aromatic heterocycles. The van der Waals surface area contributed by atoms with Crippen molar-refractivity contribution in [1.82, 2.24) is 9.78 Å². The summed E-state index contributed by atoms with van der Waals surface area (Å²) in [6, 6.07) is 5.95. The minimum atomic E-state index is 0.721. The molecule has 0 aliphatic carbocycles. The first kappa shape index (κ1) is 14.4. The summed E-state index contributed by atoms with van der Waals surface area (Å²) >= 11 is 6.96. The number of halogens is 2. The number of anilines is 3. The topological polar surface area (TPSA) is 55.9 Å². The predicted molar refractivity (Wildman–Crippen MR) is 86.7 cm³/mol. The molecular weight excluding hydrogens is 372 g/mol. The van der Waals surface area contributed by atoms with E-state index >= 15 is 0 Å². The van der Waals surface area contributed by atoms with Crippen molar-refractivity contribution in [3.8, 4) is 0 Å². The van der Waals surface area contributed by atoms with Gasteiger partial charge in [0.05, 0.1) is 17.1 Å². The quantitative estimate of drug-likeness (QED) is 0.825. The highest BCUT2D eigenvalue weighted by Crippen LogP contribution is 2.32. The highest BCUT2D eigenvalue weighted by atomic mass is 79.9. The van der Waals surface area contributed by atoms with E-state index in [1.54, 1.807) is 4.68 Å². The average molecular weight is 388 g/mol. The molecule has 19 heavy (non-hydrogen) atoms. The van der Waals surface area contributed by atoms with Crippen LogP contribution in [0.5, 0.6) is 0 Å². The van der Waals surface area contributed by atoms with Crippen LogP contribution in [0.15, 0.2) is 27.1 Å². The smallest absolute Gasteiger partial charge is 0.152 e. The van der Waals surface area contributed by atoms with E-state index in [0.29, 0.717) is 0 Å². The number of benzene rings is 1. The molecular formula is C13H16Br2N4. The van der Waals surface area contributed by atoms with Crippen molar-refractivity contribution in [2.24, 2.45) is 7.05 Å². The molecule has 0 radical (unpaired) electrons. The molecule has 1 aromatic carbocycles. The van der Waals surface area contributed by atoms with Gasteiger partial charge in [0.1, 0.15) is 0 Å².